The van der Waals surface area contributed by atoms with Gasteiger partial charge in [0.25, 0.3) is 0 Å². The van der Waals surface area contributed by atoms with E-state index in [0.29, 0.717) is 12.1 Å². The van der Waals surface area contributed by atoms with Crippen molar-refractivity contribution in [3.05, 3.63) is 51.2 Å². The van der Waals surface area contributed by atoms with Gasteiger partial charge >= 0.3 is 11.4 Å². The minimum absolute atomic E-state index is 0.0560. The molecule has 292 valence electrons. The average molecular weight is 742 g/mol. The average Bonchev–Trinajstić information content (AvgIpc) is 3.64. The molecule has 0 saturated carbocycles. The Morgan fingerprint density at radius 1 is 0.755 bits per heavy atom. The molecule has 2 saturated heterocycles. The van der Waals surface area contributed by atoms with Gasteiger partial charge in [-0.15, -0.1) is 0 Å². The molecule has 16 heteroatoms. The number of Topliss-reactive ketones (excluding diaryl/α,β-unsaturated/α-hetero) is 1. The fraction of sp³-hybridized carbons (Fsp3) is 0.703. The van der Waals surface area contributed by atoms with Crippen LogP contribution in [-0.4, -0.2) is 82.9 Å². The normalized spacial score (nSPS) is 25.0. The standard InChI is InChI=1S/C27H43N3O5.C10H12N4O4/c1-2-3-4-5-6-7-8-9-10-11-12-13-14-15-22(32)18-21-16-17-30(27(34)29-21)26-23(19-28)25(33)24(20-31)35-26;11-3-5-8(16)6(4-15)18-9(5)14-2-1-7(12)13-10(14)17/h16-17,23-26,31,33H,2-15,18,20H2,1H3;1-2,5-6,8-9,15-16H,4H2,(H2,12,13,17)/t23-,24+,25-,26?;5-,6+,8-,9?/m00/s1. The molecule has 2 aromatic heterocycles. The minimum atomic E-state index is -1.19. The van der Waals surface area contributed by atoms with E-state index in [9.17, 15) is 35.0 Å². The van der Waals surface area contributed by atoms with Crippen LogP contribution in [0.4, 0.5) is 5.82 Å². The predicted octanol–water partition coefficient (Wildman–Crippen LogP) is 2.44. The Balaban J connectivity index is 0.000000350. The Morgan fingerprint density at radius 2 is 1.19 bits per heavy atom. The van der Waals surface area contributed by atoms with Crippen LogP contribution in [0.3, 0.4) is 0 Å². The van der Waals surface area contributed by atoms with Crippen LogP contribution >= 0.6 is 0 Å². The molecule has 53 heavy (non-hydrogen) atoms. The summed E-state index contributed by atoms with van der Waals surface area (Å²) in [6, 6.07) is 6.75. The fourth-order valence-corrected chi connectivity index (χ4v) is 6.54. The van der Waals surface area contributed by atoms with Crippen molar-refractivity contribution >= 4 is 11.6 Å². The number of nitrogen functional groups attached to an aromatic ring is 1. The lowest BCUT2D eigenvalue weighted by atomic mass is 10.0. The molecule has 0 radical (unpaired) electrons. The zero-order valence-corrected chi connectivity index (χ0v) is 30.5. The third-order valence-corrected chi connectivity index (χ3v) is 9.62. The highest BCUT2D eigenvalue weighted by Gasteiger charge is 2.46. The second-order valence-electron chi connectivity index (χ2n) is 13.6. The smallest absolute Gasteiger partial charge is 0.351 e. The topological polar surface area (TPSA) is 260 Å². The maximum atomic E-state index is 12.5. The first-order valence-corrected chi connectivity index (χ1v) is 18.7. The molecule has 8 atom stereocenters. The number of anilines is 1. The number of nitriles is 2. The van der Waals surface area contributed by atoms with E-state index >= 15 is 0 Å². The van der Waals surface area contributed by atoms with Crippen molar-refractivity contribution in [1.82, 2.24) is 19.1 Å². The van der Waals surface area contributed by atoms with Crippen LogP contribution in [0.5, 0.6) is 0 Å². The van der Waals surface area contributed by atoms with Crippen molar-refractivity contribution < 1.29 is 34.7 Å². The van der Waals surface area contributed by atoms with Crippen LogP contribution in [0.15, 0.2) is 34.1 Å². The van der Waals surface area contributed by atoms with Crippen LogP contribution in [-0.2, 0) is 20.7 Å². The number of hydrogen-bond acceptors (Lipinski definition) is 14. The lowest BCUT2D eigenvalue weighted by Crippen LogP contribution is -2.32. The molecule has 0 amide bonds. The third-order valence-electron chi connectivity index (χ3n) is 9.62. The molecule has 4 rings (SSSR count). The van der Waals surface area contributed by atoms with Gasteiger partial charge in [0.05, 0.1) is 31.0 Å². The maximum Gasteiger partial charge on any atom is 0.351 e. The first-order valence-electron chi connectivity index (χ1n) is 18.7. The van der Waals surface area contributed by atoms with Crippen LogP contribution in [0, 0.1) is 34.5 Å². The molecule has 16 nitrogen and oxygen atoms in total. The van der Waals surface area contributed by atoms with E-state index in [1.54, 1.807) is 6.07 Å². The highest BCUT2D eigenvalue weighted by molar-refractivity contribution is 5.80. The molecule has 2 aliphatic heterocycles. The molecule has 4 heterocycles. The van der Waals surface area contributed by atoms with Gasteiger partial charge in [-0.2, -0.15) is 20.5 Å². The highest BCUT2D eigenvalue weighted by Crippen LogP contribution is 2.34. The Labute approximate surface area is 309 Å². The Hall–Kier alpha value is -4.03. The number of carbonyl (C=O) groups excluding carboxylic acids is 1. The van der Waals surface area contributed by atoms with E-state index in [2.05, 4.69) is 16.9 Å². The van der Waals surface area contributed by atoms with Crippen molar-refractivity contribution in [1.29, 1.82) is 10.5 Å². The molecule has 0 spiro atoms. The third kappa shape index (κ3) is 12.8. The fourth-order valence-electron chi connectivity index (χ4n) is 6.54. The summed E-state index contributed by atoms with van der Waals surface area (Å²) in [6.45, 7) is 1.35. The monoisotopic (exact) mass is 741 g/mol. The number of carbonyl (C=O) groups is 1. The van der Waals surface area contributed by atoms with Crippen molar-refractivity contribution in [3.8, 4) is 12.1 Å². The Morgan fingerprint density at radius 3 is 1.60 bits per heavy atom. The molecule has 2 unspecified atom stereocenters. The lowest BCUT2D eigenvalue weighted by Gasteiger charge is -2.16. The van der Waals surface area contributed by atoms with Crippen LogP contribution in [0.2, 0.25) is 0 Å². The largest absolute Gasteiger partial charge is 0.394 e. The summed E-state index contributed by atoms with van der Waals surface area (Å²) in [7, 11) is 0. The molecule has 6 N–H and O–H groups in total. The molecule has 2 fully saturated rings. The van der Waals surface area contributed by atoms with E-state index in [-0.39, 0.29) is 18.0 Å². The first-order chi connectivity index (χ1) is 25.6. The summed E-state index contributed by atoms with van der Waals surface area (Å²) in [6.07, 6.45) is 13.5. The predicted molar refractivity (Wildman–Crippen MR) is 193 cm³/mol. The van der Waals surface area contributed by atoms with Gasteiger partial charge < -0.3 is 35.6 Å². The van der Waals surface area contributed by atoms with Gasteiger partial charge in [-0.25, -0.2) is 9.59 Å². The van der Waals surface area contributed by atoms with Crippen LogP contribution < -0.4 is 17.1 Å². The van der Waals surface area contributed by atoms with Crippen molar-refractivity contribution in [2.75, 3.05) is 18.9 Å². The molecule has 2 aromatic rings. The summed E-state index contributed by atoms with van der Waals surface area (Å²) in [5.74, 6) is -1.83. The summed E-state index contributed by atoms with van der Waals surface area (Å²) >= 11 is 0. The number of ether oxygens (including phenoxy) is 2. The molecular formula is C37H55N7O9. The van der Waals surface area contributed by atoms with Crippen molar-refractivity contribution in [2.45, 2.75) is 140 Å². The molecular weight excluding hydrogens is 686 g/mol. The number of ketones is 1. The van der Waals surface area contributed by atoms with Gasteiger partial charge in [-0.1, -0.05) is 84.0 Å². The Bertz CT molecular complexity index is 1620. The van der Waals surface area contributed by atoms with E-state index in [4.69, 9.17) is 25.6 Å². The Kier molecular flexibility index (Phi) is 18.7. The van der Waals surface area contributed by atoms with Crippen LogP contribution in [0.1, 0.15) is 115 Å². The molecule has 0 aliphatic carbocycles. The summed E-state index contributed by atoms with van der Waals surface area (Å²) < 4.78 is 13.0. The van der Waals surface area contributed by atoms with E-state index in [0.717, 1.165) is 28.4 Å². The number of hydrogen-bond donors (Lipinski definition) is 5. The summed E-state index contributed by atoms with van der Waals surface area (Å²) in [5, 5.41) is 56.4. The van der Waals surface area contributed by atoms with Crippen molar-refractivity contribution in [3.63, 3.8) is 0 Å². The summed E-state index contributed by atoms with van der Waals surface area (Å²) in [4.78, 5) is 43.9. The number of aromatic nitrogens is 4. The second kappa shape index (κ2) is 22.9. The van der Waals surface area contributed by atoms with Gasteiger partial charge in [-0.05, 0) is 18.6 Å². The first kappa shape index (κ1) is 43.4. The second-order valence-corrected chi connectivity index (χ2v) is 13.6. The van der Waals surface area contributed by atoms with Gasteiger partial charge in [0.2, 0.25) is 0 Å². The SMILES string of the molecule is CCCCCCCCCCCCCCCC(=O)Cc1ccn(C2O[C@H](CO)[C@@H](O)[C@@H]2C#N)c(=O)n1.N#C[C@@H]1C(n2ccc(N)nc2=O)O[C@H](CO)[C@H]1O. The van der Waals surface area contributed by atoms with E-state index < -0.39 is 73.3 Å². The summed E-state index contributed by atoms with van der Waals surface area (Å²) in [5.41, 5.74) is 4.42. The number of rotatable bonds is 20. The maximum absolute atomic E-state index is 12.5. The lowest BCUT2D eigenvalue weighted by molar-refractivity contribution is -0.118. The number of aliphatic hydroxyl groups is 4. The molecule has 0 aromatic carbocycles. The highest BCUT2D eigenvalue weighted by atomic mass is 16.5. The number of unbranched alkanes of at least 4 members (excludes halogenated alkanes) is 12. The zero-order chi connectivity index (χ0) is 38.8. The minimum Gasteiger partial charge on any atom is -0.394 e. The van der Waals surface area contributed by atoms with Crippen molar-refractivity contribution in [2.24, 2.45) is 11.8 Å². The van der Waals surface area contributed by atoms with Crippen LogP contribution in [0.25, 0.3) is 0 Å². The van der Waals surface area contributed by atoms with E-state index in [1.807, 2.05) is 12.1 Å². The number of nitrogens with two attached hydrogens (primary N) is 1. The van der Waals surface area contributed by atoms with Gasteiger partial charge in [0.15, 0.2) is 12.5 Å². The van der Waals surface area contributed by atoms with Gasteiger partial charge in [0.1, 0.15) is 47.9 Å². The van der Waals surface area contributed by atoms with Gasteiger partial charge in [-0.3, -0.25) is 13.9 Å². The molecule has 0 bridgehead atoms. The number of aliphatic hydroxyl groups excluding tert-OH is 4. The van der Waals surface area contributed by atoms with E-state index in [1.165, 1.54) is 82.7 Å². The van der Waals surface area contributed by atoms with Gasteiger partial charge in [0, 0.05) is 25.2 Å². The molecule has 2 aliphatic rings. The number of nitrogens with zero attached hydrogens (tertiary/aromatic N) is 6. The quantitative estimate of drug-likeness (QED) is 0.122. The zero-order valence-electron chi connectivity index (χ0n) is 30.5.